The molecule has 0 saturated carbocycles. The SMILES string of the molecule is C=CC1NC(=O)C(=O)C1C=C. The molecule has 0 radical (unpaired) electrons. The number of hydrogen-bond donors (Lipinski definition) is 1. The first-order chi connectivity index (χ1) is 5.20. The molecular weight excluding hydrogens is 142 g/mol. The fourth-order valence-electron chi connectivity index (χ4n) is 1.09. The lowest BCUT2D eigenvalue weighted by molar-refractivity contribution is -0.135. The maximum atomic E-state index is 11.0. The molecule has 1 fully saturated rings. The number of hydrogen-bond acceptors (Lipinski definition) is 2. The van der Waals surface area contributed by atoms with Crippen LogP contribution in [0.3, 0.4) is 0 Å². The van der Waals surface area contributed by atoms with Crippen molar-refractivity contribution in [3.63, 3.8) is 0 Å². The van der Waals surface area contributed by atoms with Gasteiger partial charge in [-0.1, -0.05) is 12.2 Å². The van der Waals surface area contributed by atoms with E-state index in [1.165, 1.54) is 12.2 Å². The Labute approximate surface area is 64.8 Å². The van der Waals surface area contributed by atoms with Crippen LogP contribution >= 0.6 is 0 Å². The van der Waals surface area contributed by atoms with Crippen LogP contribution in [0.2, 0.25) is 0 Å². The van der Waals surface area contributed by atoms with Crippen molar-refractivity contribution in [2.45, 2.75) is 6.04 Å². The van der Waals surface area contributed by atoms with E-state index < -0.39 is 17.6 Å². The van der Waals surface area contributed by atoms with Crippen molar-refractivity contribution in [2.24, 2.45) is 5.92 Å². The Balaban J connectivity index is 2.88. The second-order valence-corrected chi connectivity index (χ2v) is 2.36. The van der Waals surface area contributed by atoms with Crippen LogP contribution in [0.5, 0.6) is 0 Å². The Morgan fingerprint density at radius 2 is 1.91 bits per heavy atom. The molecule has 0 bridgehead atoms. The van der Waals surface area contributed by atoms with Crippen molar-refractivity contribution in [3.05, 3.63) is 25.3 Å². The molecule has 0 aromatic rings. The van der Waals surface area contributed by atoms with Crippen LogP contribution in [0.4, 0.5) is 0 Å². The van der Waals surface area contributed by atoms with Gasteiger partial charge in [0.05, 0.1) is 12.0 Å². The average molecular weight is 151 g/mol. The van der Waals surface area contributed by atoms with Crippen LogP contribution in [0, 0.1) is 5.92 Å². The van der Waals surface area contributed by atoms with Gasteiger partial charge < -0.3 is 5.32 Å². The minimum atomic E-state index is -0.542. The van der Waals surface area contributed by atoms with Gasteiger partial charge in [0.25, 0.3) is 5.91 Å². The molecule has 0 spiro atoms. The lowest BCUT2D eigenvalue weighted by Crippen LogP contribution is -2.25. The number of rotatable bonds is 2. The first kappa shape index (κ1) is 7.72. The van der Waals surface area contributed by atoms with Gasteiger partial charge in [-0.25, -0.2) is 0 Å². The summed E-state index contributed by atoms with van der Waals surface area (Å²) in [7, 11) is 0. The van der Waals surface area contributed by atoms with Crippen LogP contribution in [-0.2, 0) is 9.59 Å². The normalized spacial score (nSPS) is 29.8. The van der Waals surface area contributed by atoms with E-state index in [-0.39, 0.29) is 6.04 Å². The van der Waals surface area contributed by atoms with E-state index in [4.69, 9.17) is 0 Å². The summed E-state index contributed by atoms with van der Waals surface area (Å²) < 4.78 is 0. The summed E-state index contributed by atoms with van der Waals surface area (Å²) in [4.78, 5) is 21.7. The molecule has 0 aromatic carbocycles. The topological polar surface area (TPSA) is 46.2 Å². The van der Waals surface area contributed by atoms with Gasteiger partial charge in [0.15, 0.2) is 0 Å². The molecule has 1 aliphatic rings. The van der Waals surface area contributed by atoms with Crippen LogP contribution in [-0.4, -0.2) is 17.7 Å². The van der Waals surface area contributed by atoms with Gasteiger partial charge in [0, 0.05) is 0 Å². The van der Waals surface area contributed by atoms with E-state index >= 15 is 0 Å². The van der Waals surface area contributed by atoms with Crippen LogP contribution in [0.15, 0.2) is 25.3 Å². The Kier molecular flexibility index (Phi) is 1.89. The number of amides is 1. The highest BCUT2D eigenvalue weighted by molar-refractivity contribution is 6.39. The largest absolute Gasteiger partial charge is 0.342 e. The van der Waals surface area contributed by atoms with Gasteiger partial charge in [0.1, 0.15) is 0 Å². The van der Waals surface area contributed by atoms with Crippen molar-refractivity contribution in [3.8, 4) is 0 Å². The second kappa shape index (κ2) is 2.70. The third-order valence-corrected chi connectivity index (χ3v) is 1.72. The molecule has 2 unspecified atom stereocenters. The molecule has 1 aliphatic heterocycles. The number of ketones is 1. The molecule has 1 heterocycles. The predicted molar refractivity (Wildman–Crippen MR) is 40.8 cm³/mol. The van der Waals surface area contributed by atoms with Gasteiger partial charge in [0.2, 0.25) is 5.78 Å². The van der Waals surface area contributed by atoms with E-state index in [2.05, 4.69) is 18.5 Å². The van der Waals surface area contributed by atoms with Gasteiger partial charge in [-0.05, 0) is 0 Å². The van der Waals surface area contributed by atoms with Crippen molar-refractivity contribution < 1.29 is 9.59 Å². The molecule has 0 aromatic heterocycles. The zero-order chi connectivity index (χ0) is 8.43. The molecule has 1 rings (SSSR count). The summed E-state index contributed by atoms with van der Waals surface area (Å²) >= 11 is 0. The van der Waals surface area contributed by atoms with Crippen molar-refractivity contribution in [1.82, 2.24) is 5.32 Å². The molecule has 0 aliphatic carbocycles. The highest BCUT2D eigenvalue weighted by Crippen LogP contribution is 2.14. The third-order valence-electron chi connectivity index (χ3n) is 1.72. The lowest BCUT2D eigenvalue weighted by Gasteiger charge is -2.06. The van der Waals surface area contributed by atoms with Gasteiger partial charge >= 0.3 is 0 Å². The molecule has 3 heteroatoms. The zero-order valence-corrected chi connectivity index (χ0v) is 6.04. The summed E-state index contributed by atoms with van der Waals surface area (Å²) in [5.74, 6) is -1.40. The van der Waals surface area contributed by atoms with E-state index in [0.29, 0.717) is 0 Å². The predicted octanol–water partition coefficient (Wildman–Crippen LogP) is 0.0421. The Morgan fingerprint density at radius 3 is 2.27 bits per heavy atom. The average Bonchev–Trinajstić information content (AvgIpc) is 2.28. The van der Waals surface area contributed by atoms with Crippen LogP contribution in [0.25, 0.3) is 0 Å². The van der Waals surface area contributed by atoms with E-state index in [1.807, 2.05) is 0 Å². The maximum absolute atomic E-state index is 11.0. The highest BCUT2D eigenvalue weighted by atomic mass is 16.2. The van der Waals surface area contributed by atoms with E-state index in [9.17, 15) is 9.59 Å². The van der Waals surface area contributed by atoms with E-state index in [0.717, 1.165) is 0 Å². The maximum Gasteiger partial charge on any atom is 0.288 e. The molecule has 58 valence electrons. The third kappa shape index (κ3) is 1.09. The van der Waals surface area contributed by atoms with Crippen molar-refractivity contribution in [2.75, 3.05) is 0 Å². The van der Waals surface area contributed by atoms with Gasteiger partial charge in [-0.15, -0.1) is 13.2 Å². The quantitative estimate of drug-likeness (QED) is 0.447. The molecule has 1 saturated heterocycles. The van der Waals surface area contributed by atoms with Crippen LogP contribution < -0.4 is 5.32 Å². The summed E-state index contributed by atoms with van der Waals surface area (Å²) in [5.41, 5.74) is 0. The van der Waals surface area contributed by atoms with Crippen molar-refractivity contribution >= 4 is 11.7 Å². The zero-order valence-electron chi connectivity index (χ0n) is 6.04. The lowest BCUT2D eigenvalue weighted by atomic mass is 10.0. The Bertz CT molecular complexity index is 232. The minimum absolute atomic E-state index is 0.271. The Hall–Kier alpha value is -1.38. The highest BCUT2D eigenvalue weighted by Gasteiger charge is 2.36. The van der Waals surface area contributed by atoms with E-state index in [1.54, 1.807) is 0 Å². The first-order valence-electron chi connectivity index (χ1n) is 3.30. The first-order valence-corrected chi connectivity index (χ1v) is 3.30. The monoisotopic (exact) mass is 151 g/mol. The summed E-state index contributed by atoms with van der Waals surface area (Å²) in [6, 6.07) is -0.271. The van der Waals surface area contributed by atoms with Crippen molar-refractivity contribution in [1.29, 1.82) is 0 Å². The summed E-state index contributed by atoms with van der Waals surface area (Å²) in [6.45, 7) is 6.96. The molecular formula is C8H9NO2. The molecule has 3 nitrogen and oxygen atoms in total. The van der Waals surface area contributed by atoms with Gasteiger partial charge in [-0.3, -0.25) is 9.59 Å². The summed E-state index contributed by atoms with van der Waals surface area (Å²) in [6.07, 6.45) is 3.00. The number of carbonyl (C=O) groups excluding carboxylic acids is 2. The molecule has 1 amide bonds. The fraction of sp³-hybridized carbons (Fsp3) is 0.250. The smallest absolute Gasteiger partial charge is 0.288 e. The molecule has 2 atom stereocenters. The second-order valence-electron chi connectivity index (χ2n) is 2.36. The number of nitrogens with one attached hydrogen (secondary N) is 1. The fourth-order valence-corrected chi connectivity index (χ4v) is 1.09. The van der Waals surface area contributed by atoms with Crippen LogP contribution in [0.1, 0.15) is 0 Å². The van der Waals surface area contributed by atoms with Gasteiger partial charge in [-0.2, -0.15) is 0 Å². The number of Topliss-reactive ketones (excluding diaryl/α,β-unsaturated/α-hetero) is 1. The standard InChI is InChI=1S/C8H9NO2/c1-3-5-6(4-2)9-8(11)7(5)10/h3-6H,1-2H2,(H,9,11). The molecule has 1 N–H and O–H groups in total. The molecule has 11 heavy (non-hydrogen) atoms. The number of carbonyl (C=O) groups is 2. The summed E-state index contributed by atoms with van der Waals surface area (Å²) in [5, 5.41) is 2.48. The minimum Gasteiger partial charge on any atom is -0.342 e. The Morgan fingerprint density at radius 1 is 1.27 bits per heavy atom.